The molecule has 0 heterocycles. The van der Waals surface area contributed by atoms with Crippen LogP contribution in [0.15, 0.2) is 0 Å². The van der Waals surface area contributed by atoms with Gasteiger partial charge in [0.1, 0.15) is 0 Å². The van der Waals surface area contributed by atoms with Crippen LogP contribution in [0.1, 0.15) is 84.5 Å². The lowest BCUT2D eigenvalue weighted by Crippen LogP contribution is -2.53. The van der Waals surface area contributed by atoms with Gasteiger partial charge in [0.15, 0.2) is 0 Å². The zero-order chi connectivity index (χ0) is 14.1. The van der Waals surface area contributed by atoms with Gasteiger partial charge in [-0.3, -0.25) is 4.90 Å². The van der Waals surface area contributed by atoms with Crippen LogP contribution in [0, 0.1) is 0 Å². The van der Waals surface area contributed by atoms with E-state index in [1.807, 2.05) is 0 Å². The molecule has 0 bridgehead atoms. The molecule has 1 saturated carbocycles. The van der Waals surface area contributed by atoms with E-state index in [4.69, 9.17) is 5.73 Å². The van der Waals surface area contributed by atoms with Crippen molar-refractivity contribution in [2.24, 2.45) is 5.73 Å². The zero-order valence-corrected chi connectivity index (χ0v) is 13.6. The summed E-state index contributed by atoms with van der Waals surface area (Å²) >= 11 is 0. The zero-order valence-electron chi connectivity index (χ0n) is 13.6. The molecule has 1 fully saturated rings. The van der Waals surface area contributed by atoms with E-state index >= 15 is 0 Å². The monoisotopic (exact) mass is 268 g/mol. The lowest BCUT2D eigenvalue weighted by Gasteiger charge is -2.43. The molecule has 0 aromatic carbocycles. The van der Waals surface area contributed by atoms with E-state index in [1.54, 1.807) is 0 Å². The topological polar surface area (TPSA) is 29.3 Å². The van der Waals surface area contributed by atoms with Crippen molar-refractivity contribution < 1.29 is 0 Å². The fourth-order valence-electron chi connectivity index (χ4n) is 3.44. The number of unbranched alkanes of at least 4 members (excludes halogenated alkanes) is 3. The van der Waals surface area contributed by atoms with E-state index in [1.165, 1.54) is 70.6 Å². The third-order valence-electron chi connectivity index (χ3n) is 5.23. The number of rotatable bonds is 8. The van der Waals surface area contributed by atoms with Gasteiger partial charge in [-0.25, -0.2) is 0 Å². The van der Waals surface area contributed by atoms with Crippen molar-refractivity contribution in [1.29, 1.82) is 0 Å². The highest BCUT2D eigenvalue weighted by Crippen LogP contribution is 2.29. The molecule has 2 nitrogen and oxygen atoms in total. The van der Waals surface area contributed by atoms with Crippen LogP contribution in [-0.2, 0) is 0 Å². The third-order valence-corrected chi connectivity index (χ3v) is 5.23. The van der Waals surface area contributed by atoms with Crippen LogP contribution in [0.25, 0.3) is 0 Å². The first kappa shape index (κ1) is 17.0. The summed E-state index contributed by atoms with van der Waals surface area (Å²) in [5.74, 6) is 0. The molecule has 0 amide bonds. The Morgan fingerprint density at radius 1 is 1.05 bits per heavy atom. The van der Waals surface area contributed by atoms with E-state index < -0.39 is 0 Å². The maximum Gasteiger partial charge on any atom is 0.0303 e. The number of nitrogens with two attached hydrogens (primary N) is 1. The second kappa shape index (κ2) is 8.97. The largest absolute Gasteiger partial charge is 0.329 e. The highest BCUT2D eigenvalue weighted by atomic mass is 15.2. The lowest BCUT2D eigenvalue weighted by molar-refractivity contribution is 0.0731. The van der Waals surface area contributed by atoms with Crippen molar-refractivity contribution in [2.75, 3.05) is 13.6 Å². The maximum atomic E-state index is 6.13. The predicted molar refractivity (Wildman–Crippen MR) is 85.5 cm³/mol. The molecule has 0 aliphatic heterocycles. The smallest absolute Gasteiger partial charge is 0.0303 e. The Kier molecular flexibility index (Phi) is 8.01. The summed E-state index contributed by atoms with van der Waals surface area (Å²) in [5.41, 5.74) is 6.34. The van der Waals surface area contributed by atoms with E-state index in [9.17, 15) is 0 Å². The molecule has 1 rings (SSSR count). The molecule has 0 spiro atoms. The molecular weight excluding hydrogens is 232 g/mol. The molecule has 1 unspecified atom stereocenters. The Hall–Kier alpha value is -0.0800. The van der Waals surface area contributed by atoms with Crippen molar-refractivity contribution >= 4 is 0 Å². The second-order valence-corrected chi connectivity index (χ2v) is 6.77. The Morgan fingerprint density at radius 2 is 1.68 bits per heavy atom. The van der Waals surface area contributed by atoms with Crippen LogP contribution in [-0.4, -0.2) is 30.1 Å². The summed E-state index contributed by atoms with van der Waals surface area (Å²) in [5, 5.41) is 0. The van der Waals surface area contributed by atoms with Crippen LogP contribution >= 0.6 is 0 Å². The SMILES string of the molecule is CCCCCCC(C)(CN)N(C)C1CCCCCC1. The van der Waals surface area contributed by atoms with Crippen LogP contribution in [0.4, 0.5) is 0 Å². The van der Waals surface area contributed by atoms with Crippen LogP contribution < -0.4 is 5.73 Å². The van der Waals surface area contributed by atoms with Crippen molar-refractivity contribution in [3.05, 3.63) is 0 Å². The number of hydrogen-bond acceptors (Lipinski definition) is 2. The average molecular weight is 268 g/mol. The van der Waals surface area contributed by atoms with E-state index in [0.717, 1.165) is 12.6 Å². The summed E-state index contributed by atoms with van der Waals surface area (Å²) < 4.78 is 0. The van der Waals surface area contributed by atoms with E-state index in [2.05, 4.69) is 25.8 Å². The van der Waals surface area contributed by atoms with E-state index in [-0.39, 0.29) is 5.54 Å². The number of hydrogen-bond donors (Lipinski definition) is 1. The normalized spacial score (nSPS) is 21.3. The molecule has 0 saturated heterocycles. The van der Waals surface area contributed by atoms with Gasteiger partial charge in [-0.2, -0.15) is 0 Å². The minimum atomic E-state index is 0.211. The first-order chi connectivity index (χ1) is 9.14. The molecule has 1 aliphatic carbocycles. The van der Waals surface area contributed by atoms with Gasteiger partial charge in [-0.1, -0.05) is 58.3 Å². The summed E-state index contributed by atoms with van der Waals surface area (Å²) in [7, 11) is 2.32. The van der Waals surface area contributed by atoms with Gasteiger partial charge in [0.25, 0.3) is 0 Å². The Bertz CT molecular complexity index is 221. The summed E-state index contributed by atoms with van der Waals surface area (Å²) in [4.78, 5) is 2.63. The van der Waals surface area contributed by atoms with Gasteiger partial charge in [-0.15, -0.1) is 0 Å². The van der Waals surface area contributed by atoms with E-state index in [0.29, 0.717) is 0 Å². The minimum absolute atomic E-state index is 0.211. The van der Waals surface area contributed by atoms with Crippen molar-refractivity contribution in [2.45, 2.75) is 96.1 Å². The standard InChI is InChI=1S/C17H36N2/c1-4-5-6-11-14-17(2,15-18)19(3)16-12-9-7-8-10-13-16/h16H,4-15,18H2,1-3H3. The first-order valence-electron chi connectivity index (χ1n) is 8.57. The second-order valence-electron chi connectivity index (χ2n) is 6.77. The fourth-order valence-corrected chi connectivity index (χ4v) is 3.44. The molecule has 1 aliphatic rings. The van der Waals surface area contributed by atoms with Crippen molar-refractivity contribution in [3.63, 3.8) is 0 Å². The summed E-state index contributed by atoms with van der Waals surface area (Å²) in [6.45, 7) is 5.45. The Balaban J connectivity index is 2.49. The molecular formula is C17H36N2. The quantitative estimate of drug-likeness (QED) is 0.524. The number of likely N-dealkylation sites (N-methyl/N-ethyl adjacent to an activating group) is 1. The molecule has 0 aromatic heterocycles. The van der Waals surface area contributed by atoms with Gasteiger partial charge in [0, 0.05) is 18.1 Å². The van der Waals surface area contributed by atoms with Crippen molar-refractivity contribution in [1.82, 2.24) is 4.90 Å². The third kappa shape index (κ3) is 5.43. The average Bonchev–Trinajstić information content (AvgIpc) is 2.71. The van der Waals surface area contributed by atoms with Crippen LogP contribution in [0.2, 0.25) is 0 Å². The molecule has 0 radical (unpaired) electrons. The Labute approximate surface area is 121 Å². The van der Waals surface area contributed by atoms with Crippen molar-refractivity contribution in [3.8, 4) is 0 Å². The molecule has 19 heavy (non-hydrogen) atoms. The summed E-state index contributed by atoms with van der Waals surface area (Å²) in [6.07, 6.45) is 15.1. The van der Waals surface area contributed by atoms with Gasteiger partial charge < -0.3 is 5.73 Å². The lowest BCUT2D eigenvalue weighted by atomic mass is 9.89. The maximum absolute atomic E-state index is 6.13. The van der Waals surface area contributed by atoms with Gasteiger partial charge >= 0.3 is 0 Å². The van der Waals surface area contributed by atoms with Gasteiger partial charge in [-0.05, 0) is 33.2 Å². The highest BCUT2D eigenvalue weighted by molar-refractivity contribution is 4.90. The van der Waals surface area contributed by atoms with Crippen LogP contribution in [0.5, 0.6) is 0 Å². The molecule has 114 valence electrons. The molecule has 2 N–H and O–H groups in total. The van der Waals surface area contributed by atoms with Gasteiger partial charge in [0.05, 0.1) is 0 Å². The van der Waals surface area contributed by atoms with Gasteiger partial charge in [0.2, 0.25) is 0 Å². The molecule has 2 heteroatoms. The Morgan fingerprint density at radius 3 is 2.21 bits per heavy atom. The molecule has 0 aromatic rings. The molecule has 1 atom stereocenters. The minimum Gasteiger partial charge on any atom is -0.329 e. The summed E-state index contributed by atoms with van der Waals surface area (Å²) in [6, 6.07) is 0.766. The number of nitrogens with zero attached hydrogens (tertiary/aromatic N) is 1. The predicted octanol–water partition coefficient (Wildman–Crippen LogP) is 4.33. The highest BCUT2D eigenvalue weighted by Gasteiger charge is 2.32. The van der Waals surface area contributed by atoms with Crippen LogP contribution in [0.3, 0.4) is 0 Å². The fraction of sp³-hybridized carbons (Fsp3) is 1.00. The first-order valence-corrected chi connectivity index (χ1v) is 8.57.